The predicted octanol–water partition coefficient (Wildman–Crippen LogP) is 4.32. The molecule has 5 aromatic rings. The smallest absolute Gasteiger partial charge is 0.257 e. The van der Waals surface area contributed by atoms with Crippen LogP contribution in [0.1, 0.15) is 41.6 Å². The van der Waals surface area contributed by atoms with E-state index in [0.717, 1.165) is 69.0 Å². The fraction of sp³-hybridized carbons (Fsp3) is 0.389. The molecule has 0 N–H and O–H groups in total. The molecule has 0 aliphatic carbocycles. The normalized spacial score (nSPS) is 18.6. The summed E-state index contributed by atoms with van der Waals surface area (Å²) >= 11 is 0. The Labute approximate surface area is 280 Å². The molecule has 0 bridgehead atoms. The van der Waals surface area contributed by atoms with Gasteiger partial charge in [-0.2, -0.15) is 5.26 Å². The topological polar surface area (TPSA) is 121 Å². The summed E-state index contributed by atoms with van der Waals surface area (Å²) in [6.45, 7) is 6.60. The largest absolute Gasteiger partial charge is 0.496 e. The van der Waals surface area contributed by atoms with Gasteiger partial charge in [0.15, 0.2) is 0 Å². The fourth-order valence-corrected chi connectivity index (χ4v) is 7.33. The first-order valence-corrected chi connectivity index (χ1v) is 16.6. The van der Waals surface area contributed by atoms with Gasteiger partial charge < -0.3 is 24.0 Å². The molecule has 0 spiro atoms. The lowest BCUT2D eigenvalue weighted by molar-refractivity contribution is 0.0777. The number of carbonyl (C=O) groups excluding carboxylic acids is 1. The standard InChI is InChI=1S/C36H40N10O2/c1-48-33-14-13-29(46-27-38-40-41-46)25-30(33)34(47)44-22-16-36(26-44,28-9-3-2-4-10-28)15-21-42-18-8-19-43(24-23-42)35-39-31-11-5-6-12-32(31)45(35)20-7-17-37/h2-6,9-14,25,27H,7-8,15-16,18-24,26H2,1H3. The van der Waals surface area contributed by atoms with E-state index < -0.39 is 0 Å². The zero-order chi connectivity index (χ0) is 32.9. The van der Waals surface area contributed by atoms with Gasteiger partial charge in [-0.1, -0.05) is 42.5 Å². The Balaban J connectivity index is 1.07. The number of ether oxygens (including phenoxy) is 1. The van der Waals surface area contributed by atoms with Gasteiger partial charge in [0, 0.05) is 44.7 Å². The van der Waals surface area contributed by atoms with Crippen LogP contribution in [0, 0.1) is 11.3 Å². The number of fused-ring (bicyclic) bond motifs is 1. The third-order valence-corrected chi connectivity index (χ3v) is 9.91. The van der Waals surface area contributed by atoms with Crippen LogP contribution in [0.3, 0.4) is 0 Å². The summed E-state index contributed by atoms with van der Waals surface area (Å²) < 4.78 is 9.36. The molecule has 48 heavy (non-hydrogen) atoms. The van der Waals surface area contributed by atoms with Crippen molar-refractivity contribution in [2.75, 3.05) is 57.8 Å². The molecule has 2 fully saturated rings. The molecule has 2 saturated heterocycles. The number of amides is 1. The highest BCUT2D eigenvalue weighted by Crippen LogP contribution is 2.39. The van der Waals surface area contributed by atoms with Crippen LogP contribution in [-0.4, -0.2) is 98.4 Å². The summed E-state index contributed by atoms with van der Waals surface area (Å²) in [6.07, 6.45) is 4.83. The van der Waals surface area contributed by atoms with E-state index in [2.05, 4.69) is 72.4 Å². The van der Waals surface area contributed by atoms with Crippen molar-refractivity contribution in [2.24, 2.45) is 0 Å². The van der Waals surface area contributed by atoms with Crippen LogP contribution in [0.4, 0.5) is 5.95 Å². The van der Waals surface area contributed by atoms with Crippen molar-refractivity contribution in [2.45, 2.75) is 37.6 Å². The van der Waals surface area contributed by atoms with Gasteiger partial charge in [0.1, 0.15) is 12.1 Å². The Hall–Kier alpha value is -5.28. The summed E-state index contributed by atoms with van der Waals surface area (Å²) in [5.74, 6) is 1.44. The van der Waals surface area contributed by atoms with Crippen LogP contribution in [0.25, 0.3) is 16.7 Å². The molecular formula is C36H40N10O2. The Morgan fingerprint density at radius 3 is 2.65 bits per heavy atom. The van der Waals surface area contributed by atoms with E-state index in [1.807, 2.05) is 29.2 Å². The second kappa shape index (κ2) is 13.8. The Kier molecular flexibility index (Phi) is 9.03. The van der Waals surface area contributed by atoms with Gasteiger partial charge in [0.05, 0.1) is 41.9 Å². The number of likely N-dealkylation sites (tertiary alicyclic amines) is 1. The lowest BCUT2D eigenvalue weighted by Gasteiger charge is -2.33. The number of tetrazole rings is 1. The monoisotopic (exact) mass is 644 g/mol. The molecular weight excluding hydrogens is 604 g/mol. The van der Waals surface area contributed by atoms with Crippen LogP contribution >= 0.6 is 0 Å². The van der Waals surface area contributed by atoms with E-state index >= 15 is 0 Å². The predicted molar refractivity (Wildman–Crippen MR) is 182 cm³/mol. The van der Waals surface area contributed by atoms with Gasteiger partial charge in [-0.25, -0.2) is 9.67 Å². The summed E-state index contributed by atoms with van der Waals surface area (Å²) in [5.41, 5.74) is 4.37. The van der Waals surface area contributed by atoms with Crippen LogP contribution in [0.5, 0.6) is 5.75 Å². The molecule has 12 heteroatoms. The third-order valence-electron chi connectivity index (χ3n) is 9.91. The minimum absolute atomic E-state index is 0.0516. The first-order valence-electron chi connectivity index (χ1n) is 16.6. The molecule has 1 unspecified atom stereocenters. The lowest BCUT2D eigenvalue weighted by Crippen LogP contribution is -2.39. The highest BCUT2D eigenvalue weighted by atomic mass is 16.5. The molecule has 246 valence electrons. The number of nitriles is 1. The third kappa shape index (κ3) is 6.21. The molecule has 7 rings (SSSR count). The SMILES string of the molecule is COc1ccc(-n2cnnn2)cc1C(=O)N1CCC(CCN2CCCN(c3nc4ccccc4n3CCC#N)CC2)(c2ccccc2)C1. The number of imidazole rings is 1. The van der Waals surface area contributed by atoms with E-state index in [9.17, 15) is 10.1 Å². The number of hydrogen-bond donors (Lipinski definition) is 0. The van der Waals surface area contributed by atoms with E-state index in [0.29, 0.717) is 43.1 Å². The molecule has 12 nitrogen and oxygen atoms in total. The molecule has 2 aliphatic rings. The number of carbonyl (C=O) groups is 1. The van der Waals surface area contributed by atoms with Gasteiger partial charge in [-0.05, 0) is 78.7 Å². The van der Waals surface area contributed by atoms with Gasteiger partial charge in [-0.3, -0.25) is 4.79 Å². The van der Waals surface area contributed by atoms with Gasteiger partial charge in [0.25, 0.3) is 5.91 Å². The van der Waals surface area contributed by atoms with Crippen molar-refractivity contribution in [1.29, 1.82) is 5.26 Å². The number of anilines is 1. The molecule has 1 amide bonds. The van der Waals surface area contributed by atoms with Gasteiger partial charge in [0.2, 0.25) is 5.95 Å². The Morgan fingerprint density at radius 2 is 1.83 bits per heavy atom. The number of aryl methyl sites for hydroxylation is 1. The zero-order valence-corrected chi connectivity index (χ0v) is 27.3. The first-order chi connectivity index (χ1) is 23.6. The summed E-state index contributed by atoms with van der Waals surface area (Å²) in [7, 11) is 1.59. The van der Waals surface area contributed by atoms with Crippen molar-refractivity contribution in [3.05, 3.63) is 90.3 Å². The molecule has 0 radical (unpaired) electrons. The molecule has 1 atom stereocenters. The maximum atomic E-state index is 14.1. The minimum atomic E-state index is -0.158. The van der Waals surface area contributed by atoms with Crippen molar-refractivity contribution in [3.63, 3.8) is 0 Å². The number of benzene rings is 3. The average molecular weight is 645 g/mol. The molecule has 4 heterocycles. The second-order valence-corrected chi connectivity index (χ2v) is 12.7. The van der Waals surface area contributed by atoms with E-state index in [1.165, 1.54) is 11.9 Å². The summed E-state index contributed by atoms with van der Waals surface area (Å²) in [4.78, 5) is 26.0. The summed E-state index contributed by atoms with van der Waals surface area (Å²) in [6, 6.07) is 26.6. The van der Waals surface area contributed by atoms with Crippen molar-refractivity contribution in [1.82, 2.24) is 39.6 Å². The number of nitrogens with zero attached hydrogens (tertiary/aromatic N) is 10. The number of para-hydroxylation sites is 2. The van der Waals surface area contributed by atoms with Gasteiger partial charge >= 0.3 is 0 Å². The fourth-order valence-electron chi connectivity index (χ4n) is 7.33. The van der Waals surface area contributed by atoms with Crippen LogP contribution in [-0.2, 0) is 12.0 Å². The average Bonchev–Trinajstić information content (AvgIpc) is 3.87. The molecule has 3 aromatic carbocycles. The van der Waals surface area contributed by atoms with Crippen molar-refractivity contribution in [3.8, 4) is 17.5 Å². The maximum Gasteiger partial charge on any atom is 0.257 e. The van der Waals surface area contributed by atoms with E-state index in [4.69, 9.17) is 9.72 Å². The van der Waals surface area contributed by atoms with Crippen molar-refractivity contribution >= 4 is 22.9 Å². The first kappa shape index (κ1) is 31.3. The van der Waals surface area contributed by atoms with Crippen LogP contribution < -0.4 is 9.64 Å². The molecule has 2 aliphatic heterocycles. The maximum absolute atomic E-state index is 14.1. The number of hydrogen-bond acceptors (Lipinski definition) is 9. The Bertz CT molecular complexity index is 1900. The second-order valence-electron chi connectivity index (χ2n) is 12.7. The van der Waals surface area contributed by atoms with Crippen LogP contribution in [0.15, 0.2) is 79.1 Å². The lowest BCUT2D eigenvalue weighted by atomic mass is 9.76. The van der Waals surface area contributed by atoms with Crippen molar-refractivity contribution < 1.29 is 9.53 Å². The number of rotatable bonds is 10. The highest BCUT2D eigenvalue weighted by Gasteiger charge is 2.42. The summed E-state index contributed by atoms with van der Waals surface area (Å²) in [5, 5.41) is 20.8. The van der Waals surface area contributed by atoms with E-state index in [-0.39, 0.29) is 11.3 Å². The number of methoxy groups -OCH3 is 1. The highest BCUT2D eigenvalue weighted by molar-refractivity contribution is 5.98. The Morgan fingerprint density at radius 1 is 0.979 bits per heavy atom. The quantitative estimate of drug-likeness (QED) is 0.219. The zero-order valence-electron chi connectivity index (χ0n) is 27.3. The van der Waals surface area contributed by atoms with Crippen LogP contribution in [0.2, 0.25) is 0 Å². The van der Waals surface area contributed by atoms with E-state index in [1.54, 1.807) is 23.9 Å². The molecule has 2 aromatic heterocycles. The molecule has 0 saturated carbocycles. The number of aromatic nitrogens is 6. The minimum Gasteiger partial charge on any atom is -0.496 e. The van der Waals surface area contributed by atoms with Gasteiger partial charge in [-0.15, -0.1) is 5.10 Å².